The number of amides is 1. The van der Waals surface area contributed by atoms with E-state index in [0.29, 0.717) is 15.8 Å². The van der Waals surface area contributed by atoms with Crippen molar-refractivity contribution in [3.63, 3.8) is 0 Å². The minimum atomic E-state index is -4.88. The van der Waals surface area contributed by atoms with E-state index >= 15 is 0 Å². The fourth-order valence-corrected chi connectivity index (χ4v) is 3.35. The predicted octanol–water partition coefficient (Wildman–Crippen LogP) is 5.60. The molecule has 2 aromatic heterocycles. The molecule has 0 radical (unpaired) electrons. The minimum absolute atomic E-state index is 0.00462. The highest BCUT2D eigenvalue weighted by Gasteiger charge is 2.36. The molecule has 0 saturated heterocycles. The second kappa shape index (κ2) is 9.06. The molecular weight excluding hydrogens is 494 g/mol. The van der Waals surface area contributed by atoms with Gasteiger partial charge < -0.3 is 14.4 Å². The van der Waals surface area contributed by atoms with Gasteiger partial charge in [-0.2, -0.15) is 18.3 Å². The first kappa shape index (κ1) is 24.8. The number of aromatic nitrogens is 3. The molecule has 0 aliphatic rings. The van der Waals surface area contributed by atoms with E-state index < -0.39 is 29.9 Å². The summed E-state index contributed by atoms with van der Waals surface area (Å²) in [5.41, 5.74) is -1.16. The molecule has 7 nitrogen and oxygen atoms in total. The molecule has 0 N–H and O–H groups in total. The summed E-state index contributed by atoms with van der Waals surface area (Å²) >= 11 is 0. The van der Waals surface area contributed by atoms with Crippen molar-refractivity contribution in [3.05, 3.63) is 72.1 Å². The van der Waals surface area contributed by atoms with Gasteiger partial charge >= 0.3 is 12.5 Å². The van der Waals surface area contributed by atoms with Gasteiger partial charge in [-0.05, 0) is 54.6 Å². The number of anilines is 1. The zero-order valence-corrected chi connectivity index (χ0v) is 18.6. The standard InChI is InChI=1S/C23H16F6N4O3/c1-32(14-5-9-16(10-6-14)36-23(27,28)29)21(34)18-12-20-30-17(13-3-7-15(35-2)8-4-13)11-19(22(24,25)26)33(20)31-18/h3-12H,1-2H3. The molecule has 0 aliphatic carbocycles. The van der Waals surface area contributed by atoms with E-state index in [4.69, 9.17) is 4.74 Å². The lowest BCUT2D eigenvalue weighted by Crippen LogP contribution is -2.26. The second-order valence-electron chi connectivity index (χ2n) is 7.46. The smallest absolute Gasteiger partial charge is 0.497 e. The molecule has 13 heteroatoms. The van der Waals surface area contributed by atoms with Crippen LogP contribution in [0.25, 0.3) is 16.9 Å². The van der Waals surface area contributed by atoms with Crippen molar-refractivity contribution in [1.82, 2.24) is 14.6 Å². The average Bonchev–Trinajstić information content (AvgIpc) is 3.25. The van der Waals surface area contributed by atoms with E-state index in [2.05, 4.69) is 14.8 Å². The van der Waals surface area contributed by atoms with Gasteiger partial charge in [0.15, 0.2) is 17.0 Å². The molecule has 0 bridgehead atoms. The fourth-order valence-electron chi connectivity index (χ4n) is 3.35. The van der Waals surface area contributed by atoms with Crippen molar-refractivity contribution in [3.8, 4) is 22.8 Å². The van der Waals surface area contributed by atoms with Gasteiger partial charge in [0.05, 0.1) is 12.8 Å². The Bertz CT molecular complexity index is 1400. The first-order valence-corrected chi connectivity index (χ1v) is 10.1. The van der Waals surface area contributed by atoms with Crippen LogP contribution in [-0.2, 0) is 6.18 Å². The summed E-state index contributed by atoms with van der Waals surface area (Å²) in [6.45, 7) is 0. The highest BCUT2D eigenvalue weighted by molar-refractivity contribution is 6.05. The van der Waals surface area contributed by atoms with Crippen LogP contribution in [-0.4, -0.2) is 41.0 Å². The Balaban J connectivity index is 1.69. The molecule has 188 valence electrons. The Labute approximate surface area is 199 Å². The lowest BCUT2D eigenvalue weighted by Gasteiger charge is -2.17. The van der Waals surface area contributed by atoms with Gasteiger partial charge in [-0.3, -0.25) is 4.79 Å². The van der Waals surface area contributed by atoms with Gasteiger partial charge in [-0.25, -0.2) is 9.50 Å². The molecule has 4 aromatic rings. The summed E-state index contributed by atoms with van der Waals surface area (Å²) < 4.78 is 87.9. The summed E-state index contributed by atoms with van der Waals surface area (Å²) in [6, 6.07) is 12.5. The number of nitrogens with zero attached hydrogens (tertiary/aromatic N) is 4. The molecule has 1 amide bonds. The van der Waals surface area contributed by atoms with Gasteiger partial charge in [-0.15, -0.1) is 13.2 Å². The zero-order chi connectivity index (χ0) is 26.3. The fraction of sp³-hybridized carbons (Fsp3) is 0.174. The van der Waals surface area contributed by atoms with Crippen molar-refractivity contribution < 1.29 is 40.6 Å². The Morgan fingerprint density at radius 2 is 1.53 bits per heavy atom. The quantitative estimate of drug-likeness (QED) is 0.327. The summed E-state index contributed by atoms with van der Waals surface area (Å²) in [6.07, 6.45) is -9.69. The maximum Gasteiger partial charge on any atom is 0.573 e. The SMILES string of the molecule is COc1ccc(-c2cc(C(F)(F)F)n3nc(C(=O)N(C)c4ccc(OC(F)(F)F)cc4)cc3n2)cc1. The molecular formula is C23H16F6N4O3. The predicted molar refractivity (Wildman–Crippen MR) is 116 cm³/mol. The number of halogens is 6. The van der Waals surface area contributed by atoms with Crippen LogP contribution in [0.3, 0.4) is 0 Å². The highest BCUT2D eigenvalue weighted by atomic mass is 19.4. The maximum absolute atomic E-state index is 13.8. The van der Waals surface area contributed by atoms with Gasteiger partial charge in [-0.1, -0.05) is 0 Å². The van der Waals surface area contributed by atoms with Crippen LogP contribution in [0.2, 0.25) is 0 Å². The van der Waals surface area contributed by atoms with Crippen LogP contribution in [0, 0.1) is 0 Å². The van der Waals surface area contributed by atoms with Gasteiger partial charge in [0.1, 0.15) is 11.5 Å². The summed E-state index contributed by atoms with van der Waals surface area (Å²) in [5, 5.41) is 3.80. The van der Waals surface area contributed by atoms with Crippen molar-refractivity contribution in [2.45, 2.75) is 12.5 Å². The number of rotatable bonds is 5. The van der Waals surface area contributed by atoms with E-state index in [-0.39, 0.29) is 22.7 Å². The summed E-state index contributed by atoms with van der Waals surface area (Å²) in [5.74, 6) is -0.789. The molecule has 0 spiro atoms. The number of carbonyl (C=O) groups excluding carboxylic acids is 1. The van der Waals surface area contributed by atoms with Gasteiger partial charge in [0.2, 0.25) is 0 Å². The van der Waals surface area contributed by atoms with Crippen molar-refractivity contribution in [2.75, 3.05) is 19.1 Å². The van der Waals surface area contributed by atoms with E-state index in [1.807, 2.05) is 0 Å². The Hall–Kier alpha value is -4.29. The van der Waals surface area contributed by atoms with Crippen molar-refractivity contribution in [1.29, 1.82) is 0 Å². The van der Waals surface area contributed by atoms with E-state index in [1.54, 1.807) is 24.3 Å². The Kier molecular flexibility index (Phi) is 6.24. The Morgan fingerprint density at radius 1 is 0.917 bits per heavy atom. The first-order valence-electron chi connectivity index (χ1n) is 10.1. The molecule has 2 aromatic carbocycles. The monoisotopic (exact) mass is 510 g/mol. The third-order valence-corrected chi connectivity index (χ3v) is 5.08. The number of ether oxygens (including phenoxy) is 2. The number of hydrogen-bond acceptors (Lipinski definition) is 5. The topological polar surface area (TPSA) is 69.0 Å². The molecule has 0 aliphatic heterocycles. The molecule has 0 fully saturated rings. The van der Waals surface area contributed by atoms with Crippen LogP contribution in [0.15, 0.2) is 60.7 Å². The normalized spacial score (nSPS) is 12.0. The average molecular weight is 510 g/mol. The van der Waals surface area contributed by atoms with Gasteiger partial charge in [0, 0.05) is 24.4 Å². The molecule has 36 heavy (non-hydrogen) atoms. The lowest BCUT2D eigenvalue weighted by molar-refractivity contribution is -0.274. The molecule has 4 rings (SSSR count). The van der Waals surface area contributed by atoms with Crippen LogP contribution in [0.4, 0.5) is 32.0 Å². The summed E-state index contributed by atoms with van der Waals surface area (Å²) in [4.78, 5) is 18.2. The maximum atomic E-state index is 13.8. The minimum Gasteiger partial charge on any atom is -0.497 e. The van der Waals surface area contributed by atoms with E-state index in [9.17, 15) is 31.1 Å². The Morgan fingerprint density at radius 3 is 2.08 bits per heavy atom. The molecule has 0 atom stereocenters. The number of alkyl halides is 6. The molecule has 2 heterocycles. The zero-order valence-electron chi connectivity index (χ0n) is 18.6. The number of hydrogen-bond donors (Lipinski definition) is 0. The summed E-state index contributed by atoms with van der Waals surface area (Å²) in [7, 11) is 2.75. The van der Waals surface area contributed by atoms with E-state index in [1.165, 1.54) is 26.3 Å². The van der Waals surface area contributed by atoms with Gasteiger partial charge in [0.25, 0.3) is 5.91 Å². The van der Waals surface area contributed by atoms with Crippen LogP contribution >= 0.6 is 0 Å². The number of benzene rings is 2. The van der Waals surface area contributed by atoms with E-state index in [0.717, 1.165) is 29.2 Å². The van der Waals surface area contributed by atoms with Crippen LogP contribution < -0.4 is 14.4 Å². The number of carbonyl (C=O) groups is 1. The number of fused-ring (bicyclic) bond motifs is 1. The lowest BCUT2D eigenvalue weighted by atomic mass is 10.1. The van der Waals surface area contributed by atoms with Crippen molar-refractivity contribution >= 4 is 17.2 Å². The highest BCUT2D eigenvalue weighted by Crippen LogP contribution is 2.33. The van der Waals surface area contributed by atoms with Crippen LogP contribution in [0.1, 0.15) is 16.2 Å². The third kappa shape index (κ3) is 5.19. The largest absolute Gasteiger partial charge is 0.573 e. The third-order valence-electron chi connectivity index (χ3n) is 5.08. The van der Waals surface area contributed by atoms with Crippen LogP contribution in [0.5, 0.6) is 11.5 Å². The first-order chi connectivity index (χ1) is 16.9. The molecule has 0 saturated carbocycles. The second-order valence-corrected chi connectivity index (χ2v) is 7.46. The number of methoxy groups -OCH3 is 1. The van der Waals surface area contributed by atoms with Crippen molar-refractivity contribution in [2.24, 2.45) is 0 Å². The molecule has 0 unspecified atom stereocenters.